The Morgan fingerprint density at radius 2 is 1.75 bits per heavy atom. The quantitative estimate of drug-likeness (QED) is 0.800. The maximum absolute atomic E-state index is 12.7. The molecule has 2 saturated heterocycles. The zero-order valence-electron chi connectivity index (χ0n) is 16.5. The van der Waals surface area contributed by atoms with Gasteiger partial charge in [-0.25, -0.2) is 0 Å². The predicted molar refractivity (Wildman–Crippen MR) is 108 cm³/mol. The smallest absolute Gasteiger partial charge is 0.223 e. The molecule has 0 saturated carbocycles. The minimum atomic E-state index is -0.116. The normalized spacial score (nSPS) is 23.2. The fraction of sp³-hybridized carbons (Fsp3) is 0.435. The number of likely N-dealkylation sites (tertiary alicyclic amines) is 1. The molecular formula is C23H28N2O3. The summed E-state index contributed by atoms with van der Waals surface area (Å²) in [4.78, 5) is 17.2. The summed E-state index contributed by atoms with van der Waals surface area (Å²) in [5.41, 5.74) is 2.32. The van der Waals surface area contributed by atoms with Crippen molar-refractivity contribution in [3.05, 3.63) is 65.7 Å². The Kier molecular flexibility index (Phi) is 5.64. The monoisotopic (exact) mass is 380 g/mol. The highest BCUT2D eigenvalue weighted by Gasteiger charge is 2.45. The summed E-state index contributed by atoms with van der Waals surface area (Å²) in [5, 5.41) is 0. The Bertz CT molecular complexity index is 793. The molecule has 0 bridgehead atoms. The molecule has 148 valence electrons. The molecule has 1 atom stereocenters. The van der Waals surface area contributed by atoms with Crippen LogP contribution < -0.4 is 4.74 Å². The van der Waals surface area contributed by atoms with E-state index in [1.54, 1.807) is 7.11 Å². The first-order valence-corrected chi connectivity index (χ1v) is 9.91. The largest absolute Gasteiger partial charge is 0.497 e. The Hall–Kier alpha value is -2.37. The van der Waals surface area contributed by atoms with Gasteiger partial charge in [-0.2, -0.15) is 0 Å². The number of hydrogen-bond donors (Lipinski definition) is 0. The van der Waals surface area contributed by atoms with E-state index in [0.29, 0.717) is 26.2 Å². The van der Waals surface area contributed by atoms with Crippen LogP contribution in [0.2, 0.25) is 0 Å². The number of amides is 1. The molecule has 5 nitrogen and oxygen atoms in total. The van der Waals surface area contributed by atoms with Crippen LogP contribution in [0.3, 0.4) is 0 Å². The van der Waals surface area contributed by atoms with E-state index in [1.165, 1.54) is 11.1 Å². The molecule has 2 aliphatic rings. The van der Waals surface area contributed by atoms with Gasteiger partial charge in [0.25, 0.3) is 0 Å². The average molecular weight is 380 g/mol. The molecule has 0 aliphatic carbocycles. The summed E-state index contributed by atoms with van der Waals surface area (Å²) in [6.07, 6.45) is 0.568. The van der Waals surface area contributed by atoms with E-state index in [4.69, 9.17) is 9.47 Å². The molecule has 4 rings (SSSR count). The maximum atomic E-state index is 12.7. The van der Waals surface area contributed by atoms with Gasteiger partial charge in [-0.3, -0.25) is 9.69 Å². The van der Waals surface area contributed by atoms with Crippen molar-refractivity contribution >= 4 is 5.91 Å². The first-order chi connectivity index (χ1) is 13.7. The van der Waals surface area contributed by atoms with Gasteiger partial charge in [-0.1, -0.05) is 42.5 Å². The molecule has 28 heavy (non-hydrogen) atoms. The fourth-order valence-electron chi connectivity index (χ4n) is 4.34. The van der Waals surface area contributed by atoms with E-state index in [2.05, 4.69) is 29.2 Å². The highest BCUT2D eigenvalue weighted by Crippen LogP contribution is 2.35. The zero-order chi connectivity index (χ0) is 19.4. The summed E-state index contributed by atoms with van der Waals surface area (Å²) in [5.74, 6) is 1.11. The first-order valence-electron chi connectivity index (χ1n) is 9.91. The highest BCUT2D eigenvalue weighted by molar-refractivity contribution is 5.79. The molecule has 0 unspecified atom stereocenters. The Morgan fingerprint density at radius 1 is 1.00 bits per heavy atom. The fourth-order valence-corrected chi connectivity index (χ4v) is 4.34. The minimum Gasteiger partial charge on any atom is -0.497 e. The van der Waals surface area contributed by atoms with Gasteiger partial charge in [0.05, 0.1) is 20.3 Å². The van der Waals surface area contributed by atoms with Crippen LogP contribution in [0.15, 0.2) is 54.6 Å². The lowest BCUT2D eigenvalue weighted by molar-refractivity contribution is -0.128. The Labute approximate surface area is 166 Å². The van der Waals surface area contributed by atoms with Gasteiger partial charge in [-0.05, 0) is 23.3 Å². The Morgan fingerprint density at radius 3 is 2.50 bits per heavy atom. The number of carbonyl (C=O) groups excluding carboxylic acids is 1. The van der Waals surface area contributed by atoms with Crippen LogP contribution in [0.25, 0.3) is 0 Å². The van der Waals surface area contributed by atoms with Gasteiger partial charge < -0.3 is 14.4 Å². The van der Waals surface area contributed by atoms with E-state index in [-0.39, 0.29) is 11.3 Å². The minimum absolute atomic E-state index is 0.116. The van der Waals surface area contributed by atoms with Gasteiger partial charge in [0, 0.05) is 44.6 Å². The van der Waals surface area contributed by atoms with E-state index in [1.807, 2.05) is 35.2 Å². The van der Waals surface area contributed by atoms with Crippen LogP contribution in [0.4, 0.5) is 0 Å². The molecule has 2 aromatic carbocycles. The third kappa shape index (κ3) is 4.37. The van der Waals surface area contributed by atoms with Gasteiger partial charge in [0.1, 0.15) is 5.75 Å². The van der Waals surface area contributed by atoms with Crippen molar-refractivity contribution in [2.24, 2.45) is 5.41 Å². The van der Waals surface area contributed by atoms with Gasteiger partial charge in [0.2, 0.25) is 5.91 Å². The van der Waals surface area contributed by atoms with Crippen LogP contribution in [0.1, 0.15) is 17.5 Å². The molecule has 2 aliphatic heterocycles. The van der Waals surface area contributed by atoms with Crippen LogP contribution >= 0.6 is 0 Å². The third-order valence-corrected chi connectivity index (χ3v) is 5.71. The lowest BCUT2D eigenvalue weighted by atomic mass is 9.87. The van der Waals surface area contributed by atoms with Crippen LogP contribution in [-0.4, -0.2) is 55.7 Å². The van der Waals surface area contributed by atoms with Crippen molar-refractivity contribution in [2.45, 2.75) is 19.5 Å². The Balaban J connectivity index is 1.43. The number of ether oxygens (including phenoxy) is 2. The van der Waals surface area contributed by atoms with Gasteiger partial charge in [-0.15, -0.1) is 0 Å². The summed E-state index contributed by atoms with van der Waals surface area (Å²) < 4.78 is 11.2. The lowest BCUT2D eigenvalue weighted by Crippen LogP contribution is -2.40. The molecule has 2 fully saturated rings. The van der Waals surface area contributed by atoms with Crippen LogP contribution in [-0.2, 0) is 22.6 Å². The van der Waals surface area contributed by atoms with Crippen molar-refractivity contribution in [3.8, 4) is 5.75 Å². The standard InChI is InChI=1S/C23H28N2O3/c1-27-21-9-7-20(8-10-21)14-24-11-12-28-18-23(16-24)13-22(26)25(17-23)15-19-5-3-2-4-6-19/h2-10H,11-18H2,1H3/t23-/m1/s1. The summed E-state index contributed by atoms with van der Waals surface area (Å²) in [7, 11) is 1.68. The van der Waals surface area contributed by atoms with Gasteiger partial charge >= 0.3 is 0 Å². The number of carbonyl (C=O) groups is 1. The topological polar surface area (TPSA) is 42.0 Å². The lowest BCUT2D eigenvalue weighted by Gasteiger charge is -2.31. The number of rotatable bonds is 5. The molecule has 1 amide bonds. The van der Waals surface area contributed by atoms with Crippen molar-refractivity contribution in [2.75, 3.05) is 40.0 Å². The highest BCUT2D eigenvalue weighted by atomic mass is 16.5. The molecule has 0 aromatic heterocycles. The van der Waals surface area contributed by atoms with Crippen molar-refractivity contribution in [1.82, 2.24) is 9.80 Å². The van der Waals surface area contributed by atoms with Crippen molar-refractivity contribution in [3.63, 3.8) is 0 Å². The molecule has 0 radical (unpaired) electrons. The summed E-state index contributed by atoms with van der Waals surface area (Å²) >= 11 is 0. The summed E-state index contributed by atoms with van der Waals surface area (Å²) in [6, 6.07) is 18.4. The second-order valence-corrected chi connectivity index (χ2v) is 8.02. The number of methoxy groups -OCH3 is 1. The van der Waals surface area contributed by atoms with E-state index >= 15 is 0 Å². The van der Waals surface area contributed by atoms with E-state index in [0.717, 1.165) is 31.9 Å². The number of hydrogen-bond acceptors (Lipinski definition) is 4. The van der Waals surface area contributed by atoms with Crippen LogP contribution in [0.5, 0.6) is 5.75 Å². The van der Waals surface area contributed by atoms with Crippen LogP contribution in [0, 0.1) is 5.41 Å². The zero-order valence-corrected chi connectivity index (χ0v) is 16.5. The van der Waals surface area contributed by atoms with E-state index in [9.17, 15) is 4.79 Å². The van der Waals surface area contributed by atoms with Gasteiger partial charge in [0.15, 0.2) is 0 Å². The first kappa shape index (κ1) is 19.0. The molecule has 1 spiro atoms. The number of nitrogens with zero attached hydrogens (tertiary/aromatic N) is 2. The molecule has 5 heteroatoms. The van der Waals surface area contributed by atoms with E-state index < -0.39 is 0 Å². The molecule has 0 N–H and O–H groups in total. The summed E-state index contributed by atoms with van der Waals surface area (Å²) in [6.45, 7) is 5.45. The van der Waals surface area contributed by atoms with Crippen molar-refractivity contribution in [1.29, 1.82) is 0 Å². The predicted octanol–water partition coefficient (Wildman–Crippen LogP) is 2.95. The molecule has 2 aromatic rings. The second kappa shape index (κ2) is 8.33. The second-order valence-electron chi connectivity index (χ2n) is 8.02. The molecule has 2 heterocycles. The SMILES string of the molecule is COc1ccc(CN2CCOC[C@]3(CC(=O)N(Cc4ccccc4)C3)C2)cc1. The molecular weight excluding hydrogens is 352 g/mol. The maximum Gasteiger partial charge on any atom is 0.223 e. The third-order valence-electron chi connectivity index (χ3n) is 5.71. The van der Waals surface area contributed by atoms with Crippen molar-refractivity contribution < 1.29 is 14.3 Å². The average Bonchev–Trinajstić information content (AvgIpc) is 2.88. The number of benzene rings is 2.